The summed E-state index contributed by atoms with van der Waals surface area (Å²) >= 11 is 4.72. The summed E-state index contributed by atoms with van der Waals surface area (Å²) in [5.74, 6) is 0.560. The van der Waals surface area contributed by atoms with Gasteiger partial charge in [-0.3, -0.25) is 0 Å². The zero-order valence-corrected chi connectivity index (χ0v) is 7.36. The van der Waals surface area contributed by atoms with Gasteiger partial charge in [0, 0.05) is 6.54 Å². The van der Waals surface area contributed by atoms with E-state index in [1.807, 2.05) is 13.8 Å². The van der Waals surface area contributed by atoms with Gasteiger partial charge < -0.3 is 10.2 Å². The van der Waals surface area contributed by atoms with Crippen LogP contribution in [0.2, 0.25) is 0 Å². The number of H-pyrrole nitrogens is 1. The smallest absolute Gasteiger partial charge is 0.284 e. The second-order valence-corrected chi connectivity index (χ2v) is 3.38. The predicted octanol–water partition coefficient (Wildman–Crippen LogP) is 0.968. The third-order valence-electron chi connectivity index (χ3n) is 1.53. The number of nitrogens with two attached hydrogens (primary N) is 1. The van der Waals surface area contributed by atoms with Crippen LogP contribution in [0.4, 0.5) is 0 Å². The first-order valence-corrected chi connectivity index (χ1v) is 3.73. The highest BCUT2D eigenvalue weighted by molar-refractivity contribution is 7.71. The van der Waals surface area contributed by atoms with Crippen molar-refractivity contribution in [1.82, 2.24) is 10.2 Å². The van der Waals surface area contributed by atoms with E-state index in [0.717, 1.165) is 0 Å². The second kappa shape index (κ2) is 2.75. The Bertz CT molecular complexity index is 288. The quantitative estimate of drug-likeness (QED) is 0.654. The Morgan fingerprint density at radius 1 is 1.73 bits per heavy atom. The van der Waals surface area contributed by atoms with Crippen LogP contribution in [0.3, 0.4) is 0 Å². The third kappa shape index (κ3) is 1.66. The van der Waals surface area contributed by atoms with Gasteiger partial charge in [0.2, 0.25) is 5.89 Å². The maximum absolute atomic E-state index is 5.50. The molecular formula is C6H11N3OS. The molecule has 0 saturated carbocycles. The number of rotatable bonds is 2. The molecule has 0 aromatic carbocycles. The highest BCUT2D eigenvalue weighted by Gasteiger charge is 2.23. The van der Waals surface area contributed by atoms with E-state index in [2.05, 4.69) is 10.2 Å². The van der Waals surface area contributed by atoms with Crippen LogP contribution < -0.4 is 5.73 Å². The highest BCUT2D eigenvalue weighted by atomic mass is 32.1. The molecule has 1 heterocycles. The van der Waals surface area contributed by atoms with Gasteiger partial charge in [-0.2, -0.15) is 0 Å². The van der Waals surface area contributed by atoms with E-state index in [0.29, 0.717) is 17.3 Å². The monoisotopic (exact) mass is 173 g/mol. The predicted molar refractivity (Wildman–Crippen MR) is 43.8 cm³/mol. The Morgan fingerprint density at radius 2 is 2.36 bits per heavy atom. The van der Waals surface area contributed by atoms with Crippen molar-refractivity contribution in [3.63, 3.8) is 0 Å². The van der Waals surface area contributed by atoms with Gasteiger partial charge in [-0.15, -0.1) is 5.10 Å². The van der Waals surface area contributed by atoms with Gasteiger partial charge in [-0.25, -0.2) is 5.10 Å². The van der Waals surface area contributed by atoms with Gasteiger partial charge in [0.05, 0.1) is 5.41 Å². The molecule has 0 atom stereocenters. The summed E-state index contributed by atoms with van der Waals surface area (Å²) in [6.45, 7) is 4.37. The minimum atomic E-state index is -0.243. The average molecular weight is 173 g/mol. The lowest BCUT2D eigenvalue weighted by Gasteiger charge is -2.15. The summed E-state index contributed by atoms with van der Waals surface area (Å²) in [5, 5.41) is 6.43. The Morgan fingerprint density at radius 3 is 2.73 bits per heavy atom. The molecule has 0 spiro atoms. The zero-order valence-electron chi connectivity index (χ0n) is 6.55. The van der Waals surface area contributed by atoms with Crippen LogP contribution >= 0.6 is 12.2 Å². The number of nitrogens with one attached hydrogen (secondary N) is 1. The first-order chi connectivity index (χ1) is 5.06. The molecule has 0 unspecified atom stereocenters. The summed E-state index contributed by atoms with van der Waals surface area (Å²) in [6, 6.07) is 0. The topological polar surface area (TPSA) is 67.8 Å². The third-order valence-corrected chi connectivity index (χ3v) is 1.70. The van der Waals surface area contributed by atoms with Crippen molar-refractivity contribution < 1.29 is 4.42 Å². The van der Waals surface area contributed by atoms with E-state index in [9.17, 15) is 0 Å². The summed E-state index contributed by atoms with van der Waals surface area (Å²) in [7, 11) is 0. The summed E-state index contributed by atoms with van der Waals surface area (Å²) in [5.41, 5.74) is 5.26. The molecule has 1 aromatic rings. The lowest BCUT2D eigenvalue weighted by atomic mass is 9.94. The Hall–Kier alpha value is -0.680. The average Bonchev–Trinajstić information content (AvgIpc) is 2.36. The molecule has 0 bridgehead atoms. The Balaban J connectivity index is 3.01. The van der Waals surface area contributed by atoms with Crippen molar-refractivity contribution in [1.29, 1.82) is 0 Å². The molecular weight excluding hydrogens is 162 g/mol. The van der Waals surface area contributed by atoms with Crippen molar-refractivity contribution in [2.45, 2.75) is 19.3 Å². The van der Waals surface area contributed by atoms with Crippen molar-refractivity contribution >= 4 is 12.2 Å². The van der Waals surface area contributed by atoms with Crippen molar-refractivity contribution in [2.24, 2.45) is 5.73 Å². The van der Waals surface area contributed by atoms with Gasteiger partial charge in [-0.1, -0.05) is 0 Å². The number of aromatic nitrogens is 2. The molecule has 62 valence electrons. The van der Waals surface area contributed by atoms with E-state index in [1.54, 1.807) is 0 Å². The Kier molecular flexibility index (Phi) is 2.10. The first kappa shape index (κ1) is 8.42. The van der Waals surface area contributed by atoms with Crippen LogP contribution in [0, 0.1) is 4.84 Å². The fourth-order valence-electron chi connectivity index (χ4n) is 0.607. The molecule has 1 rings (SSSR count). The molecule has 0 fully saturated rings. The summed E-state index contributed by atoms with van der Waals surface area (Å²) in [6.07, 6.45) is 0. The van der Waals surface area contributed by atoms with Gasteiger partial charge in [0.25, 0.3) is 4.84 Å². The maximum atomic E-state index is 5.50. The van der Waals surface area contributed by atoms with Crippen molar-refractivity contribution in [3.05, 3.63) is 10.7 Å². The molecule has 0 aliphatic carbocycles. The minimum Gasteiger partial charge on any atom is -0.413 e. The fraction of sp³-hybridized carbons (Fsp3) is 0.667. The van der Waals surface area contributed by atoms with Crippen LogP contribution in [-0.2, 0) is 5.41 Å². The molecule has 0 saturated heterocycles. The molecule has 0 amide bonds. The van der Waals surface area contributed by atoms with Gasteiger partial charge >= 0.3 is 0 Å². The number of hydrogen-bond donors (Lipinski definition) is 2. The van der Waals surface area contributed by atoms with E-state index >= 15 is 0 Å². The van der Waals surface area contributed by atoms with Crippen LogP contribution in [0.1, 0.15) is 19.7 Å². The minimum absolute atomic E-state index is 0.243. The van der Waals surface area contributed by atoms with E-state index in [-0.39, 0.29) is 5.41 Å². The van der Waals surface area contributed by atoms with Crippen LogP contribution in [0.25, 0.3) is 0 Å². The fourth-order valence-corrected chi connectivity index (χ4v) is 0.731. The highest BCUT2D eigenvalue weighted by Crippen LogP contribution is 2.18. The van der Waals surface area contributed by atoms with Gasteiger partial charge in [0.15, 0.2) is 0 Å². The Labute approximate surface area is 69.8 Å². The standard InChI is InChI=1S/C6H11N3OS/c1-6(2,3-7)4-8-9-5(11)10-4/h3,7H2,1-2H3,(H,9,11). The van der Waals surface area contributed by atoms with Gasteiger partial charge in [-0.05, 0) is 26.1 Å². The molecule has 4 nitrogen and oxygen atoms in total. The van der Waals surface area contributed by atoms with E-state index < -0.39 is 0 Å². The molecule has 0 aliphatic rings. The summed E-state index contributed by atoms with van der Waals surface area (Å²) < 4.78 is 5.11. The molecule has 11 heavy (non-hydrogen) atoms. The normalized spacial score (nSPS) is 11.9. The molecule has 0 aliphatic heterocycles. The second-order valence-electron chi connectivity index (χ2n) is 3.01. The zero-order chi connectivity index (χ0) is 8.48. The van der Waals surface area contributed by atoms with Crippen molar-refractivity contribution in [3.8, 4) is 0 Å². The van der Waals surface area contributed by atoms with Crippen LogP contribution in [0.15, 0.2) is 4.42 Å². The van der Waals surface area contributed by atoms with Crippen LogP contribution in [0.5, 0.6) is 0 Å². The lowest BCUT2D eigenvalue weighted by Crippen LogP contribution is -2.28. The molecule has 3 N–H and O–H groups in total. The number of hydrogen-bond acceptors (Lipinski definition) is 4. The van der Waals surface area contributed by atoms with E-state index in [4.69, 9.17) is 22.4 Å². The van der Waals surface area contributed by atoms with E-state index in [1.165, 1.54) is 0 Å². The summed E-state index contributed by atoms with van der Waals surface area (Å²) in [4.78, 5) is 0.293. The van der Waals surface area contributed by atoms with Crippen LogP contribution in [-0.4, -0.2) is 16.7 Å². The molecule has 1 aromatic heterocycles. The lowest BCUT2D eigenvalue weighted by molar-refractivity contribution is 0.370. The molecule has 5 heteroatoms. The van der Waals surface area contributed by atoms with Crippen molar-refractivity contribution in [2.75, 3.05) is 6.54 Å². The number of aromatic amines is 1. The maximum Gasteiger partial charge on any atom is 0.284 e. The molecule has 0 radical (unpaired) electrons. The number of nitrogens with zero attached hydrogens (tertiary/aromatic N) is 1. The first-order valence-electron chi connectivity index (χ1n) is 3.32. The SMILES string of the molecule is CC(C)(CN)c1n[nH]c(=S)o1. The van der Waals surface area contributed by atoms with Gasteiger partial charge in [0.1, 0.15) is 0 Å². The largest absolute Gasteiger partial charge is 0.413 e.